The number of aromatic nitrogens is 4. The minimum Gasteiger partial charge on any atom is -0.368 e. The predicted octanol–water partition coefficient (Wildman–Crippen LogP) is 3.54. The first-order chi connectivity index (χ1) is 10.1. The Labute approximate surface area is 124 Å². The van der Waals surface area contributed by atoms with Gasteiger partial charge in [-0.2, -0.15) is 14.4 Å². The fraction of sp³-hybridized carbons (Fsp3) is 0.667. The Bertz CT molecular complexity index is 616. The van der Waals surface area contributed by atoms with Crippen molar-refractivity contribution in [3.05, 3.63) is 12.4 Å². The summed E-state index contributed by atoms with van der Waals surface area (Å²) in [6, 6.07) is 0.190. The van der Waals surface area contributed by atoms with Gasteiger partial charge in [0.2, 0.25) is 0 Å². The molecule has 2 aromatic heterocycles. The number of fused-ring (bicyclic) bond motifs is 1. The van der Waals surface area contributed by atoms with E-state index in [0.29, 0.717) is 22.9 Å². The van der Waals surface area contributed by atoms with Crippen molar-refractivity contribution in [3.63, 3.8) is 0 Å². The van der Waals surface area contributed by atoms with Crippen LogP contribution in [-0.4, -0.2) is 26.1 Å². The molecule has 1 aliphatic carbocycles. The van der Waals surface area contributed by atoms with Crippen molar-refractivity contribution in [2.45, 2.75) is 52.0 Å². The molecule has 1 fully saturated rings. The van der Waals surface area contributed by atoms with Gasteiger partial charge in [-0.25, -0.2) is 4.98 Å². The van der Waals surface area contributed by atoms with Gasteiger partial charge in [0.1, 0.15) is 0 Å². The Balaban J connectivity index is 1.84. The molecule has 21 heavy (non-hydrogen) atoms. The number of rotatable bonds is 4. The van der Waals surface area contributed by atoms with E-state index in [2.05, 4.69) is 20.3 Å². The topological polar surface area (TPSA) is 55.6 Å². The lowest BCUT2D eigenvalue weighted by Crippen LogP contribution is -2.18. The van der Waals surface area contributed by atoms with Crippen LogP contribution in [0, 0.1) is 12.0 Å². The summed E-state index contributed by atoms with van der Waals surface area (Å²) >= 11 is 0. The Morgan fingerprint density at radius 2 is 2.05 bits per heavy atom. The monoisotopic (exact) mass is 291 g/mol. The van der Waals surface area contributed by atoms with E-state index in [9.17, 15) is 4.39 Å². The second-order valence-corrected chi connectivity index (χ2v) is 6.14. The van der Waals surface area contributed by atoms with Gasteiger partial charge in [0, 0.05) is 12.6 Å². The van der Waals surface area contributed by atoms with E-state index in [1.165, 1.54) is 32.1 Å². The van der Waals surface area contributed by atoms with Crippen LogP contribution in [0.1, 0.15) is 52.0 Å². The van der Waals surface area contributed by atoms with E-state index in [4.69, 9.17) is 0 Å². The number of anilines is 1. The van der Waals surface area contributed by atoms with E-state index in [1.807, 2.05) is 18.4 Å². The van der Waals surface area contributed by atoms with Crippen molar-refractivity contribution < 1.29 is 4.39 Å². The Morgan fingerprint density at radius 3 is 2.76 bits per heavy atom. The highest BCUT2D eigenvalue weighted by molar-refractivity contribution is 5.82. The van der Waals surface area contributed by atoms with Gasteiger partial charge in [-0.15, -0.1) is 0 Å². The first kappa shape index (κ1) is 14.2. The van der Waals surface area contributed by atoms with Crippen LogP contribution in [0.5, 0.6) is 0 Å². The van der Waals surface area contributed by atoms with Gasteiger partial charge in [-0.05, 0) is 32.6 Å². The number of imidazole rings is 1. The zero-order valence-electron chi connectivity index (χ0n) is 12.6. The second-order valence-electron chi connectivity index (χ2n) is 6.14. The summed E-state index contributed by atoms with van der Waals surface area (Å²) in [6.45, 7) is 4.88. The molecule has 6 heteroatoms. The molecule has 0 radical (unpaired) electrons. The molecule has 3 rings (SSSR count). The van der Waals surface area contributed by atoms with Crippen molar-refractivity contribution in [3.8, 4) is 0 Å². The van der Waals surface area contributed by atoms with Gasteiger partial charge < -0.3 is 9.88 Å². The van der Waals surface area contributed by atoms with Gasteiger partial charge in [-0.3, -0.25) is 0 Å². The Hall–Kier alpha value is -1.72. The lowest BCUT2D eigenvalue weighted by atomic mass is 9.89. The number of hydrogen-bond acceptors (Lipinski definition) is 4. The Morgan fingerprint density at radius 1 is 1.29 bits per heavy atom. The van der Waals surface area contributed by atoms with Crippen LogP contribution in [0.25, 0.3) is 11.2 Å². The molecular weight excluding hydrogens is 269 g/mol. The van der Waals surface area contributed by atoms with Crippen molar-refractivity contribution >= 4 is 17.0 Å². The molecule has 0 aliphatic heterocycles. The van der Waals surface area contributed by atoms with Gasteiger partial charge in [0.15, 0.2) is 17.0 Å². The largest absolute Gasteiger partial charge is 0.368 e. The van der Waals surface area contributed by atoms with Gasteiger partial charge in [0.05, 0.1) is 6.33 Å². The van der Waals surface area contributed by atoms with Crippen LogP contribution < -0.4 is 5.32 Å². The standard InChI is InChI=1S/C15H22FN5/c1-10(2)21-9-18-12-13(19-15(16)20-14(12)21)17-8-11-6-4-3-5-7-11/h9-11H,3-8H2,1-2H3,(H,17,19,20). The molecule has 0 bridgehead atoms. The summed E-state index contributed by atoms with van der Waals surface area (Å²) in [5.74, 6) is 1.17. The first-order valence-corrected chi connectivity index (χ1v) is 7.79. The van der Waals surface area contributed by atoms with Crippen molar-refractivity contribution in [1.29, 1.82) is 0 Å². The van der Waals surface area contributed by atoms with Crippen LogP contribution >= 0.6 is 0 Å². The zero-order valence-corrected chi connectivity index (χ0v) is 12.6. The highest BCUT2D eigenvalue weighted by atomic mass is 19.1. The average molecular weight is 291 g/mol. The third kappa shape index (κ3) is 2.99. The number of nitrogens with one attached hydrogen (secondary N) is 1. The predicted molar refractivity (Wildman–Crippen MR) is 80.7 cm³/mol. The van der Waals surface area contributed by atoms with Crippen LogP contribution in [0.3, 0.4) is 0 Å². The fourth-order valence-electron chi connectivity index (χ4n) is 3.02. The lowest BCUT2D eigenvalue weighted by molar-refractivity contribution is 0.373. The normalized spacial score (nSPS) is 16.8. The molecule has 0 saturated heterocycles. The number of halogens is 1. The van der Waals surface area contributed by atoms with Crippen molar-refractivity contribution in [2.75, 3.05) is 11.9 Å². The summed E-state index contributed by atoms with van der Waals surface area (Å²) < 4.78 is 15.5. The maximum atomic E-state index is 13.7. The second kappa shape index (κ2) is 5.95. The van der Waals surface area contributed by atoms with E-state index in [0.717, 1.165) is 6.54 Å². The summed E-state index contributed by atoms with van der Waals surface area (Å²) in [6.07, 6.45) is 7.41. The van der Waals surface area contributed by atoms with Crippen molar-refractivity contribution in [2.24, 2.45) is 5.92 Å². The maximum absolute atomic E-state index is 13.7. The lowest BCUT2D eigenvalue weighted by Gasteiger charge is -2.22. The smallest absolute Gasteiger partial charge is 0.312 e. The molecule has 5 nitrogen and oxygen atoms in total. The van der Waals surface area contributed by atoms with E-state index in [1.54, 1.807) is 6.33 Å². The highest BCUT2D eigenvalue weighted by Gasteiger charge is 2.17. The number of hydrogen-bond donors (Lipinski definition) is 1. The van der Waals surface area contributed by atoms with Crippen LogP contribution in [0.2, 0.25) is 0 Å². The quantitative estimate of drug-likeness (QED) is 0.875. The zero-order chi connectivity index (χ0) is 14.8. The van der Waals surface area contributed by atoms with Gasteiger partial charge in [0.25, 0.3) is 0 Å². The third-order valence-corrected chi connectivity index (χ3v) is 4.23. The molecule has 0 spiro atoms. The minimum atomic E-state index is -0.698. The minimum absolute atomic E-state index is 0.190. The molecular formula is C15H22FN5. The summed E-state index contributed by atoms with van der Waals surface area (Å²) in [4.78, 5) is 12.1. The summed E-state index contributed by atoms with van der Waals surface area (Å²) in [7, 11) is 0. The third-order valence-electron chi connectivity index (χ3n) is 4.23. The van der Waals surface area contributed by atoms with Crippen LogP contribution in [0.15, 0.2) is 6.33 Å². The van der Waals surface area contributed by atoms with Crippen LogP contribution in [0.4, 0.5) is 10.2 Å². The summed E-state index contributed by atoms with van der Waals surface area (Å²) in [5, 5.41) is 3.28. The molecule has 1 aliphatic rings. The molecule has 2 aromatic rings. The average Bonchev–Trinajstić information content (AvgIpc) is 2.89. The van der Waals surface area contributed by atoms with E-state index < -0.39 is 6.08 Å². The SMILES string of the molecule is CC(C)n1cnc2c(NCC3CCCCC3)nc(F)nc21. The fourth-order valence-corrected chi connectivity index (χ4v) is 3.02. The Kier molecular flexibility index (Phi) is 4.03. The molecule has 1 saturated carbocycles. The van der Waals surface area contributed by atoms with Crippen molar-refractivity contribution in [1.82, 2.24) is 19.5 Å². The molecule has 0 unspecified atom stereocenters. The molecule has 2 heterocycles. The van der Waals surface area contributed by atoms with Gasteiger partial charge >= 0.3 is 6.08 Å². The van der Waals surface area contributed by atoms with Gasteiger partial charge in [-0.1, -0.05) is 19.3 Å². The first-order valence-electron chi connectivity index (χ1n) is 7.79. The molecule has 1 N–H and O–H groups in total. The summed E-state index contributed by atoms with van der Waals surface area (Å²) in [5.41, 5.74) is 1.21. The number of nitrogens with zero attached hydrogens (tertiary/aromatic N) is 4. The van der Waals surface area contributed by atoms with Crippen LogP contribution in [-0.2, 0) is 0 Å². The molecule has 0 amide bonds. The molecule has 0 aromatic carbocycles. The highest BCUT2D eigenvalue weighted by Crippen LogP contribution is 2.25. The molecule has 0 atom stereocenters. The molecule has 114 valence electrons. The maximum Gasteiger partial charge on any atom is 0.312 e. The van der Waals surface area contributed by atoms with E-state index >= 15 is 0 Å². The van der Waals surface area contributed by atoms with E-state index in [-0.39, 0.29) is 6.04 Å².